The van der Waals surface area contributed by atoms with E-state index in [0.717, 1.165) is 33.5 Å². The summed E-state index contributed by atoms with van der Waals surface area (Å²) in [5.74, 6) is -0.342. The molecule has 3 aromatic rings. The number of aromatic nitrogens is 3. The van der Waals surface area contributed by atoms with Gasteiger partial charge < -0.3 is 9.84 Å². The third kappa shape index (κ3) is 3.27. The first-order valence-corrected chi connectivity index (χ1v) is 8.72. The third-order valence-electron chi connectivity index (χ3n) is 4.48. The third-order valence-corrected chi connectivity index (χ3v) is 4.48. The van der Waals surface area contributed by atoms with Crippen LogP contribution in [0.5, 0.6) is 5.88 Å². The van der Waals surface area contributed by atoms with E-state index in [0.29, 0.717) is 18.9 Å². The Kier molecular flexibility index (Phi) is 4.93. The predicted molar refractivity (Wildman–Crippen MR) is 100 cm³/mol. The summed E-state index contributed by atoms with van der Waals surface area (Å²) in [5.41, 5.74) is 5.53. The summed E-state index contributed by atoms with van der Waals surface area (Å²) in [6.07, 6.45) is 0.424. The minimum absolute atomic E-state index is 0.0409. The molecule has 0 aliphatic rings. The molecule has 0 amide bonds. The molecule has 2 aromatic heterocycles. The van der Waals surface area contributed by atoms with Crippen LogP contribution in [-0.2, 0) is 11.2 Å². The highest BCUT2D eigenvalue weighted by molar-refractivity contribution is 5.85. The van der Waals surface area contributed by atoms with E-state index in [1.165, 1.54) is 5.56 Å². The zero-order valence-electron chi connectivity index (χ0n) is 15.5. The summed E-state index contributed by atoms with van der Waals surface area (Å²) in [5, 5.41) is 14.7. The Morgan fingerprint density at radius 2 is 1.88 bits per heavy atom. The first-order valence-electron chi connectivity index (χ1n) is 8.72. The molecule has 0 saturated heterocycles. The van der Waals surface area contributed by atoms with E-state index in [1.807, 2.05) is 56.6 Å². The van der Waals surface area contributed by atoms with Gasteiger partial charge in [0, 0.05) is 17.4 Å². The van der Waals surface area contributed by atoms with Crippen LogP contribution in [-0.4, -0.2) is 32.4 Å². The van der Waals surface area contributed by atoms with E-state index in [1.54, 1.807) is 0 Å². The zero-order chi connectivity index (χ0) is 18.8. The van der Waals surface area contributed by atoms with Crippen LogP contribution in [0.2, 0.25) is 0 Å². The molecule has 0 aliphatic carbocycles. The maximum atomic E-state index is 11.0. The van der Waals surface area contributed by atoms with Gasteiger partial charge in [0.1, 0.15) is 0 Å². The number of pyridine rings is 1. The minimum Gasteiger partial charge on any atom is -0.481 e. The molecular formula is C20H23N3O3. The van der Waals surface area contributed by atoms with Gasteiger partial charge in [-0.15, -0.1) is 0 Å². The summed E-state index contributed by atoms with van der Waals surface area (Å²) in [4.78, 5) is 15.7. The second-order valence-corrected chi connectivity index (χ2v) is 6.38. The van der Waals surface area contributed by atoms with Crippen LogP contribution < -0.4 is 4.74 Å². The van der Waals surface area contributed by atoms with Crippen molar-refractivity contribution in [3.8, 4) is 11.6 Å². The van der Waals surface area contributed by atoms with Gasteiger partial charge in [0.2, 0.25) is 5.88 Å². The Bertz CT molecular complexity index is 959. The molecule has 0 unspecified atom stereocenters. The van der Waals surface area contributed by atoms with E-state index in [9.17, 15) is 4.79 Å². The van der Waals surface area contributed by atoms with Gasteiger partial charge in [-0.3, -0.25) is 4.79 Å². The molecule has 6 nitrogen and oxygen atoms in total. The molecule has 0 bridgehead atoms. The van der Waals surface area contributed by atoms with Gasteiger partial charge in [-0.1, -0.05) is 17.7 Å². The molecule has 26 heavy (non-hydrogen) atoms. The van der Waals surface area contributed by atoms with Crippen LogP contribution >= 0.6 is 0 Å². The molecule has 136 valence electrons. The van der Waals surface area contributed by atoms with Gasteiger partial charge in [0.15, 0.2) is 5.65 Å². The van der Waals surface area contributed by atoms with Crippen LogP contribution in [0, 0.1) is 20.8 Å². The number of rotatable bonds is 6. The summed E-state index contributed by atoms with van der Waals surface area (Å²) in [6.45, 7) is 8.34. The van der Waals surface area contributed by atoms with Crippen molar-refractivity contribution in [2.75, 3.05) is 6.61 Å². The Balaban J connectivity index is 2.22. The van der Waals surface area contributed by atoms with E-state index >= 15 is 0 Å². The van der Waals surface area contributed by atoms with Gasteiger partial charge in [0.25, 0.3) is 0 Å². The van der Waals surface area contributed by atoms with Crippen molar-refractivity contribution in [2.24, 2.45) is 0 Å². The fraction of sp³-hybridized carbons (Fsp3) is 0.350. The van der Waals surface area contributed by atoms with Crippen LogP contribution in [0.4, 0.5) is 0 Å². The first-order chi connectivity index (χ1) is 12.4. The van der Waals surface area contributed by atoms with E-state index in [2.05, 4.69) is 5.10 Å². The number of hydrogen-bond acceptors (Lipinski definition) is 4. The number of aliphatic carboxylic acids is 1. The van der Waals surface area contributed by atoms with Crippen LogP contribution in [0.15, 0.2) is 24.3 Å². The standard InChI is InChI=1S/C20H23N3O3/c1-5-26-20-16(10-11-17(24)25)13(3)18-14(4)22-23(19(18)21-20)15-8-6-12(2)7-9-15/h6-9H,5,10-11H2,1-4H3,(H,24,25). The molecule has 0 fully saturated rings. The van der Waals surface area contributed by atoms with Crippen LogP contribution in [0.3, 0.4) is 0 Å². The van der Waals surface area contributed by atoms with Crippen molar-refractivity contribution >= 4 is 17.0 Å². The maximum Gasteiger partial charge on any atom is 0.303 e. The van der Waals surface area contributed by atoms with E-state index in [4.69, 9.17) is 14.8 Å². The minimum atomic E-state index is -0.834. The Morgan fingerprint density at radius 1 is 1.19 bits per heavy atom. The lowest BCUT2D eigenvalue weighted by Gasteiger charge is -2.13. The van der Waals surface area contributed by atoms with Crippen LogP contribution in [0.25, 0.3) is 16.7 Å². The van der Waals surface area contributed by atoms with Gasteiger partial charge >= 0.3 is 5.97 Å². The Labute approximate surface area is 152 Å². The molecule has 0 radical (unpaired) electrons. The summed E-state index contributed by atoms with van der Waals surface area (Å²) >= 11 is 0. The summed E-state index contributed by atoms with van der Waals surface area (Å²) in [6, 6.07) is 8.10. The van der Waals surface area contributed by atoms with E-state index < -0.39 is 5.97 Å². The monoisotopic (exact) mass is 353 g/mol. The van der Waals surface area contributed by atoms with Crippen molar-refractivity contribution in [1.82, 2.24) is 14.8 Å². The number of ether oxygens (including phenoxy) is 1. The van der Waals surface area contributed by atoms with Crippen molar-refractivity contribution in [2.45, 2.75) is 40.5 Å². The molecule has 0 spiro atoms. The number of aryl methyl sites for hydroxylation is 3. The lowest BCUT2D eigenvalue weighted by atomic mass is 10.0. The van der Waals surface area contributed by atoms with Gasteiger partial charge in [-0.2, -0.15) is 10.1 Å². The molecule has 0 saturated carbocycles. The number of hydrogen-bond donors (Lipinski definition) is 1. The molecule has 2 heterocycles. The SMILES string of the molecule is CCOc1nc2c(c(C)nn2-c2ccc(C)cc2)c(C)c1CCC(=O)O. The number of fused-ring (bicyclic) bond motifs is 1. The van der Waals surface area contributed by atoms with Crippen molar-refractivity contribution in [3.63, 3.8) is 0 Å². The van der Waals surface area contributed by atoms with Crippen molar-refractivity contribution in [3.05, 3.63) is 46.6 Å². The second kappa shape index (κ2) is 7.15. The number of nitrogens with zero attached hydrogens (tertiary/aromatic N) is 3. The smallest absolute Gasteiger partial charge is 0.303 e. The topological polar surface area (TPSA) is 77.2 Å². The Morgan fingerprint density at radius 3 is 2.50 bits per heavy atom. The number of carbonyl (C=O) groups is 1. The average Bonchev–Trinajstić information content (AvgIpc) is 2.92. The maximum absolute atomic E-state index is 11.0. The lowest BCUT2D eigenvalue weighted by Crippen LogP contribution is -2.07. The zero-order valence-corrected chi connectivity index (χ0v) is 15.5. The fourth-order valence-electron chi connectivity index (χ4n) is 3.18. The second-order valence-electron chi connectivity index (χ2n) is 6.38. The Hall–Kier alpha value is -2.89. The lowest BCUT2D eigenvalue weighted by molar-refractivity contribution is -0.136. The highest BCUT2D eigenvalue weighted by Gasteiger charge is 2.20. The van der Waals surface area contributed by atoms with Gasteiger partial charge in [-0.05, 0) is 51.8 Å². The average molecular weight is 353 g/mol. The summed E-state index contributed by atoms with van der Waals surface area (Å²) < 4.78 is 7.55. The normalized spacial score (nSPS) is 11.1. The molecule has 1 aromatic carbocycles. The molecule has 1 N–H and O–H groups in total. The quantitative estimate of drug-likeness (QED) is 0.730. The first kappa shape index (κ1) is 17.9. The molecular weight excluding hydrogens is 330 g/mol. The molecule has 6 heteroatoms. The number of carboxylic acids is 1. The molecule has 0 atom stereocenters. The van der Waals surface area contributed by atoms with E-state index in [-0.39, 0.29) is 6.42 Å². The predicted octanol–water partition coefficient (Wildman–Crippen LogP) is 3.76. The number of benzene rings is 1. The van der Waals surface area contributed by atoms with Crippen molar-refractivity contribution < 1.29 is 14.6 Å². The molecule has 3 rings (SSSR count). The van der Waals surface area contributed by atoms with Crippen molar-refractivity contribution in [1.29, 1.82) is 0 Å². The van der Waals surface area contributed by atoms with Crippen LogP contribution in [0.1, 0.15) is 35.7 Å². The van der Waals surface area contributed by atoms with Gasteiger partial charge in [-0.25, -0.2) is 4.68 Å². The number of carboxylic acid groups (broad SMARTS) is 1. The molecule has 0 aliphatic heterocycles. The highest BCUT2D eigenvalue weighted by atomic mass is 16.5. The fourth-order valence-corrected chi connectivity index (χ4v) is 3.18. The summed E-state index contributed by atoms with van der Waals surface area (Å²) in [7, 11) is 0. The van der Waals surface area contributed by atoms with Gasteiger partial charge in [0.05, 0.1) is 18.0 Å². The largest absolute Gasteiger partial charge is 0.481 e. The highest BCUT2D eigenvalue weighted by Crippen LogP contribution is 2.32.